The Labute approximate surface area is 216 Å². The van der Waals surface area contributed by atoms with Crippen LogP contribution in [0.5, 0.6) is 0 Å². The highest BCUT2D eigenvalue weighted by molar-refractivity contribution is 5.94. The van der Waals surface area contributed by atoms with Crippen LogP contribution in [0.4, 0.5) is 0 Å². The van der Waals surface area contributed by atoms with E-state index in [-0.39, 0.29) is 11.7 Å². The number of Topliss-reactive ketones (excluding diaryl/α,β-unsaturated/α-hetero) is 1. The van der Waals surface area contributed by atoms with Crippen LogP contribution in [-0.2, 0) is 6.42 Å². The van der Waals surface area contributed by atoms with Crippen LogP contribution in [0.3, 0.4) is 0 Å². The molecule has 2 aromatic carbocycles. The van der Waals surface area contributed by atoms with E-state index < -0.39 is 0 Å². The number of aromatic nitrogens is 7. The van der Waals surface area contributed by atoms with Gasteiger partial charge in [0, 0.05) is 17.9 Å². The minimum atomic E-state index is 0.0859. The van der Waals surface area contributed by atoms with Crippen LogP contribution in [0.15, 0.2) is 48.5 Å². The van der Waals surface area contributed by atoms with E-state index in [1.165, 1.54) is 25.7 Å². The van der Waals surface area contributed by atoms with Gasteiger partial charge in [-0.25, -0.2) is 14.8 Å². The van der Waals surface area contributed by atoms with Gasteiger partial charge in [-0.15, -0.1) is 10.2 Å². The van der Waals surface area contributed by atoms with Gasteiger partial charge in [0.25, 0.3) is 0 Å². The summed E-state index contributed by atoms with van der Waals surface area (Å²) in [6.07, 6.45) is 12.0. The molecule has 2 heterocycles. The molecule has 2 aliphatic carbocycles. The maximum absolute atomic E-state index is 13.3. The number of aromatic amines is 1. The molecule has 0 radical (unpaired) electrons. The lowest BCUT2D eigenvalue weighted by atomic mass is 9.86. The summed E-state index contributed by atoms with van der Waals surface area (Å²) in [6.45, 7) is 0. The molecular weight excluding hydrogens is 462 g/mol. The van der Waals surface area contributed by atoms with Crippen molar-refractivity contribution in [3.8, 4) is 22.5 Å². The van der Waals surface area contributed by atoms with E-state index in [4.69, 9.17) is 10.1 Å². The number of rotatable bonds is 7. The molecule has 8 heteroatoms. The van der Waals surface area contributed by atoms with Gasteiger partial charge in [0.05, 0.1) is 6.04 Å². The van der Waals surface area contributed by atoms with Gasteiger partial charge in [0.15, 0.2) is 5.82 Å². The van der Waals surface area contributed by atoms with Crippen molar-refractivity contribution >= 4 is 5.78 Å². The van der Waals surface area contributed by atoms with Crippen molar-refractivity contribution in [3.63, 3.8) is 0 Å². The zero-order chi connectivity index (χ0) is 25.0. The number of ketones is 1. The minimum Gasteiger partial charge on any atom is -0.290 e. The highest BCUT2D eigenvalue weighted by Crippen LogP contribution is 2.32. The molecule has 0 unspecified atom stereocenters. The summed E-state index contributed by atoms with van der Waals surface area (Å²) in [6, 6.07) is 17.0. The maximum atomic E-state index is 13.3. The quantitative estimate of drug-likeness (QED) is 0.316. The molecular formula is C29H33N7O. The summed E-state index contributed by atoms with van der Waals surface area (Å²) in [4.78, 5) is 18.1. The van der Waals surface area contributed by atoms with E-state index >= 15 is 0 Å². The van der Waals surface area contributed by atoms with Gasteiger partial charge in [0.1, 0.15) is 5.82 Å². The molecule has 190 valence electrons. The van der Waals surface area contributed by atoms with Crippen LogP contribution >= 0.6 is 0 Å². The number of carbonyl (C=O) groups is 1. The Morgan fingerprint density at radius 3 is 2.27 bits per heavy atom. The fourth-order valence-corrected chi connectivity index (χ4v) is 5.95. The van der Waals surface area contributed by atoms with E-state index in [0.29, 0.717) is 24.1 Å². The van der Waals surface area contributed by atoms with Gasteiger partial charge in [0.2, 0.25) is 11.6 Å². The monoisotopic (exact) mass is 495 g/mol. The molecule has 6 rings (SSSR count). The summed E-state index contributed by atoms with van der Waals surface area (Å²) in [7, 11) is 0. The second kappa shape index (κ2) is 10.7. The highest BCUT2D eigenvalue weighted by Gasteiger charge is 2.28. The van der Waals surface area contributed by atoms with E-state index in [1.54, 1.807) is 0 Å². The number of carbonyl (C=O) groups excluding carboxylic acids is 1. The van der Waals surface area contributed by atoms with E-state index in [2.05, 4.69) is 55.6 Å². The average Bonchev–Trinajstić information content (AvgIpc) is 3.65. The number of nitrogens with one attached hydrogen (secondary N) is 1. The first-order valence-electron chi connectivity index (χ1n) is 13.7. The second-order valence-electron chi connectivity index (χ2n) is 10.5. The number of hydrogen-bond donors (Lipinski definition) is 1. The molecule has 8 nitrogen and oxygen atoms in total. The molecule has 0 aliphatic heterocycles. The molecule has 4 aromatic rings. The van der Waals surface area contributed by atoms with Gasteiger partial charge in [-0.1, -0.05) is 87.1 Å². The smallest absolute Gasteiger partial charge is 0.217 e. The molecule has 37 heavy (non-hydrogen) atoms. The molecule has 0 spiro atoms. The molecule has 0 atom stereocenters. The molecule has 2 aliphatic rings. The van der Waals surface area contributed by atoms with E-state index in [0.717, 1.165) is 66.6 Å². The fraction of sp³-hybridized carbons (Fsp3) is 0.448. The standard InChI is InChI=1S/C29H33N7O/c37-27(22-9-3-1-4-10-22)29-30-26(36(33-29)23-11-5-2-6-12-23)19-20-15-17-21(18-16-20)24-13-7-8-14-25(24)28-31-34-35-32-28/h7-8,13-18,22-23H,1-6,9-12,19H2,(H,31,32,34,35). The first kappa shape index (κ1) is 23.7. The third-order valence-electron chi connectivity index (χ3n) is 7.97. The zero-order valence-corrected chi connectivity index (χ0v) is 21.1. The summed E-state index contributed by atoms with van der Waals surface area (Å²) in [5, 5.41) is 19.2. The predicted octanol–water partition coefficient (Wildman–Crippen LogP) is 5.98. The van der Waals surface area contributed by atoms with Gasteiger partial charge < -0.3 is 0 Å². The van der Waals surface area contributed by atoms with Crippen LogP contribution in [0.2, 0.25) is 0 Å². The summed E-state index contributed by atoms with van der Waals surface area (Å²) < 4.78 is 2.09. The van der Waals surface area contributed by atoms with Crippen molar-refractivity contribution in [2.24, 2.45) is 5.92 Å². The van der Waals surface area contributed by atoms with Crippen LogP contribution in [0.1, 0.15) is 92.3 Å². The lowest BCUT2D eigenvalue weighted by Gasteiger charge is -2.23. The molecule has 2 fully saturated rings. The number of nitrogens with zero attached hydrogens (tertiary/aromatic N) is 6. The Morgan fingerprint density at radius 2 is 1.57 bits per heavy atom. The van der Waals surface area contributed by atoms with Crippen LogP contribution in [0.25, 0.3) is 22.5 Å². The maximum Gasteiger partial charge on any atom is 0.217 e. The van der Waals surface area contributed by atoms with Crippen LogP contribution in [0, 0.1) is 5.92 Å². The van der Waals surface area contributed by atoms with Gasteiger partial charge >= 0.3 is 0 Å². The van der Waals surface area contributed by atoms with Crippen molar-refractivity contribution < 1.29 is 4.79 Å². The SMILES string of the molecule is O=C(c1nc(Cc2ccc(-c3ccccc3-c3nnn[nH]3)cc2)n(C2CCCCC2)n1)C1CCCCC1. The first-order valence-corrected chi connectivity index (χ1v) is 13.7. The Balaban J connectivity index is 1.27. The second-order valence-corrected chi connectivity index (χ2v) is 10.5. The number of H-pyrrole nitrogens is 1. The normalized spacial score (nSPS) is 17.2. The van der Waals surface area contributed by atoms with Gasteiger partial charge in [-0.05, 0) is 52.8 Å². The Bertz CT molecular complexity index is 1330. The summed E-state index contributed by atoms with van der Waals surface area (Å²) >= 11 is 0. The first-order chi connectivity index (χ1) is 18.3. The Kier molecular flexibility index (Phi) is 6.88. The summed E-state index contributed by atoms with van der Waals surface area (Å²) in [5.41, 5.74) is 4.28. The zero-order valence-electron chi connectivity index (χ0n) is 21.1. The van der Waals surface area contributed by atoms with Crippen molar-refractivity contribution in [1.82, 2.24) is 35.4 Å². The Morgan fingerprint density at radius 1 is 0.865 bits per heavy atom. The molecule has 2 aromatic heterocycles. The van der Waals surface area contributed by atoms with Crippen molar-refractivity contribution in [2.45, 2.75) is 76.7 Å². The van der Waals surface area contributed by atoms with Gasteiger partial charge in [-0.3, -0.25) is 4.79 Å². The molecule has 1 N–H and O–H groups in total. The molecule has 0 saturated heterocycles. The van der Waals surface area contributed by atoms with E-state index in [9.17, 15) is 4.79 Å². The third-order valence-corrected chi connectivity index (χ3v) is 7.97. The molecule has 2 saturated carbocycles. The van der Waals surface area contributed by atoms with Crippen LogP contribution < -0.4 is 0 Å². The minimum absolute atomic E-state index is 0.0859. The topological polar surface area (TPSA) is 102 Å². The van der Waals surface area contributed by atoms with E-state index in [1.807, 2.05) is 18.2 Å². The van der Waals surface area contributed by atoms with Crippen molar-refractivity contribution in [3.05, 3.63) is 65.7 Å². The van der Waals surface area contributed by atoms with Crippen molar-refractivity contribution in [1.29, 1.82) is 0 Å². The summed E-state index contributed by atoms with van der Waals surface area (Å²) in [5.74, 6) is 2.22. The number of tetrazole rings is 1. The highest BCUT2D eigenvalue weighted by atomic mass is 16.1. The predicted molar refractivity (Wildman–Crippen MR) is 141 cm³/mol. The molecule has 0 amide bonds. The lowest BCUT2D eigenvalue weighted by molar-refractivity contribution is 0.0878. The average molecular weight is 496 g/mol. The number of benzene rings is 2. The van der Waals surface area contributed by atoms with Crippen LogP contribution in [-0.4, -0.2) is 41.2 Å². The largest absolute Gasteiger partial charge is 0.290 e. The fourth-order valence-electron chi connectivity index (χ4n) is 5.95. The lowest BCUT2D eigenvalue weighted by Crippen LogP contribution is -2.20. The van der Waals surface area contributed by atoms with Crippen molar-refractivity contribution in [2.75, 3.05) is 0 Å². The number of hydrogen-bond acceptors (Lipinski definition) is 6. The Hall–Kier alpha value is -3.68. The van der Waals surface area contributed by atoms with Gasteiger partial charge in [-0.2, -0.15) is 0 Å². The third kappa shape index (κ3) is 5.10. The molecule has 0 bridgehead atoms.